The fourth-order valence-electron chi connectivity index (χ4n) is 3.40. The highest BCUT2D eigenvalue weighted by Crippen LogP contribution is 2.37. The summed E-state index contributed by atoms with van der Waals surface area (Å²) in [5, 5.41) is 0. The van der Waals surface area contributed by atoms with Crippen LogP contribution in [0, 0.1) is 0 Å². The summed E-state index contributed by atoms with van der Waals surface area (Å²) in [5.74, 6) is 0. The van der Waals surface area contributed by atoms with Crippen LogP contribution in [0.1, 0.15) is 17.5 Å². The van der Waals surface area contributed by atoms with Gasteiger partial charge in [-0.2, -0.15) is 3.71 Å². The van der Waals surface area contributed by atoms with Gasteiger partial charge in [0, 0.05) is 5.56 Å². The number of benzene rings is 3. The maximum absolute atomic E-state index is 13.6. The number of fused-ring (bicyclic) bond motifs is 1. The molecule has 1 aliphatic rings. The predicted octanol–water partition coefficient (Wildman–Crippen LogP) is 4.05. The number of hydrogen-bond acceptors (Lipinski definition) is 4. The van der Waals surface area contributed by atoms with E-state index in [9.17, 15) is 16.8 Å². The molecule has 0 amide bonds. The summed E-state index contributed by atoms with van der Waals surface area (Å²) in [5.41, 5.74) is 1.69. The highest BCUT2D eigenvalue weighted by molar-refractivity contribution is 8.04. The molecule has 0 aromatic heterocycles. The van der Waals surface area contributed by atoms with Crippen LogP contribution >= 0.6 is 0 Å². The summed E-state index contributed by atoms with van der Waals surface area (Å²) >= 11 is 0. The van der Waals surface area contributed by atoms with Crippen molar-refractivity contribution in [1.82, 2.24) is 3.71 Å². The molecule has 0 radical (unpaired) electrons. The first kappa shape index (κ1) is 19.4. The lowest BCUT2D eigenvalue weighted by atomic mass is 9.95. The lowest BCUT2D eigenvalue weighted by molar-refractivity contribution is 0.540. The molecule has 0 saturated carbocycles. The van der Waals surface area contributed by atoms with Gasteiger partial charge in [0.2, 0.25) is 0 Å². The van der Waals surface area contributed by atoms with Crippen LogP contribution in [0.5, 0.6) is 0 Å². The molecule has 0 aliphatic heterocycles. The van der Waals surface area contributed by atoms with Gasteiger partial charge in [0.1, 0.15) is 0 Å². The number of hydrogen-bond donors (Lipinski definition) is 0. The zero-order valence-electron chi connectivity index (χ0n) is 15.5. The number of rotatable bonds is 5. The number of allylic oxidation sites excluding steroid dienone is 1. The van der Waals surface area contributed by atoms with E-state index in [2.05, 4.69) is 0 Å². The van der Waals surface area contributed by atoms with Gasteiger partial charge in [-0.15, -0.1) is 0 Å². The fourth-order valence-corrected chi connectivity index (χ4v) is 7.20. The molecule has 1 aliphatic carbocycles. The fraction of sp³-hybridized carbons (Fsp3) is 0.0909. The van der Waals surface area contributed by atoms with Gasteiger partial charge >= 0.3 is 0 Å². The standard InChI is InChI=1S/C22H19NO4S2/c24-28(25,19-12-3-1-4-13-19)23(29(26,27)20-14-5-2-6-15-20)22-17-9-11-18-10-7-8-16-21(18)22/h1-8,10,12-17H,9,11H2. The summed E-state index contributed by atoms with van der Waals surface area (Å²) in [6.07, 6.45) is 2.96. The summed E-state index contributed by atoms with van der Waals surface area (Å²) in [7, 11) is -8.74. The highest BCUT2D eigenvalue weighted by atomic mass is 32.3. The van der Waals surface area contributed by atoms with Gasteiger partial charge in [-0.25, -0.2) is 16.8 Å². The van der Waals surface area contributed by atoms with Crippen molar-refractivity contribution < 1.29 is 16.8 Å². The Bertz CT molecular complexity index is 1200. The minimum atomic E-state index is -4.37. The van der Waals surface area contributed by atoms with Gasteiger partial charge in [0.25, 0.3) is 20.0 Å². The third-order valence-corrected chi connectivity index (χ3v) is 8.94. The highest BCUT2D eigenvalue weighted by Gasteiger charge is 2.39. The van der Waals surface area contributed by atoms with Crippen LogP contribution in [-0.2, 0) is 26.5 Å². The summed E-state index contributed by atoms with van der Waals surface area (Å²) in [4.78, 5) is -0.160. The van der Waals surface area contributed by atoms with Crippen molar-refractivity contribution in [3.05, 3.63) is 102 Å². The summed E-state index contributed by atoms with van der Waals surface area (Å²) in [6, 6.07) is 22.6. The van der Waals surface area contributed by atoms with E-state index in [4.69, 9.17) is 0 Å². The molecule has 0 heterocycles. The molecule has 0 fully saturated rings. The summed E-state index contributed by atoms with van der Waals surface area (Å²) < 4.78 is 54.9. The molecule has 4 rings (SSSR count). The van der Waals surface area contributed by atoms with Gasteiger partial charge in [-0.1, -0.05) is 66.7 Å². The zero-order valence-corrected chi connectivity index (χ0v) is 17.1. The molecular weight excluding hydrogens is 406 g/mol. The smallest absolute Gasteiger partial charge is 0.200 e. The van der Waals surface area contributed by atoms with Gasteiger partial charge in [0.05, 0.1) is 15.5 Å². The SMILES string of the molecule is O=S(=O)(c1ccccc1)N(C1=CCCc2ccccc21)S(=O)(=O)c1ccccc1. The van der Waals surface area contributed by atoms with E-state index in [0.29, 0.717) is 15.7 Å². The number of nitrogens with zero attached hydrogens (tertiary/aromatic N) is 1. The number of aryl methyl sites for hydroxylation is 1. The van der Waals surface area contributed by atoms with Crippen LogP contribution in [0.2, 0.25) is 0 Å². The Balaban J connectivity index is 1.98. The molecule has 7 heteroatoms. The third kappa shape index (κ3) is 3.47. The average Bonchev–Trinajstić information content (AvgIpc) is 2.75. The second kappa shape index (κ2) is 7.50. The van der Waals surface area contributed by atoms with E-state index >= 15 is 0 Å². The zero-order chi connectivity index (χ0) is 20.5. The molecule has 3 aromatic rings. The number of sulfonamides is 2. The van der Waals surface area contributed by atoms with Crippen molar-refractivity contribution in [2.24, 2.45) is 0 Å². The predicted molar refractivity (Wildman–Crippen MR) is 112 cm³/mol. The van der Waals surface area contributed by atoms with E-state index in [1.807, 2.05) is 12.1 Å². The lowest BCUT2D eigenvalue weighted by Crippen LogP contribution is -2.36. The Morgan fingerprint density at radius 2 is 1.10 bits per heavy atom. The molecule has 0 bridgehead atoms. The van der Waals surface area contributed by atoms with Crippen LogP contribution in [0.25, 0.3) is 5.70 Å². The van der Waals surface area contributed by atoms with Crippen molar-refractivity contribution in [1.29, 1.82) is 0 Å². The van der Waals surface area contributed by atoms with Crippen molar-refractivity contribution in [2.75, 3.05) is 0 Å². The molecule has 0 unspecified atom stereocenters. The van der Waals surface area contributed by atoms with E-state index in [1.54, 1.807) is 54.6 Å². The second-order valence-corrected chi connectivity index (χ2v) is 10.4. The van der Waals surface area contributed by atoms with Crippen molar-refractivity contribution in [3.63, 3.8) is 0 Å². The molecule has 29 heavy (non-hydrogen) atoms. The van der Waals surface area contributed by atoms with Crippen molar-refractivity contribution in [2.45, 2.75) is 22.6 Å². The molecular formula is C22H19NO4S2. The van der Waals surface area contributed by atoms with Gasteiger partial charge in [0.15, 0.2) is 0 Å². The average molecular weight is 426 g/mol. The van der Waals surface area contributed by atoms with Gasteiger partial charge in [-0.05, 0) is 42.7 Å². The third-order valence-electron chi connectivity index (χ3n) is 4.76. The molecule has 0 N–H and O–H groups in total. The molecule has 3 aromatic carbocycles. The molecule has 0 saturated heterocycles. The van der Waals surface area contributed by atoms with Crippen LogP contribution in [-0.4, -0.2) is 20.5 Å². The summed E-state index contributed by atoms with van der Waals surface area (Å²) in [6.45, 7) is 0. The van der Waals surface area contributed by atoms with E-state index < -0.39 is 20.0 Å². The van der Waals surface area contributed by atoms with E-state index in [1.165, 1.54) is 24.3 Å². The molecule has 0 atom stereocenters. The normalized spacial score (nSPS) is 14.0. The lowest BCUT2D eigenvalue weighted by Gasteiger charge is -2.29. The molecule has 5 nitrogen and oxygen atoms in total. The van der Waals surface area contributed by atoms with Crippen LogP contribution in [0.4, 0.5) is 0 Å². The largest absolute Gasteiger partial charge is 0.277 e. The van der Waals surface area contributed by atoms with Crippen molar-refractivity contribution >= 4 is 25.7 Å². The Morgan fingerprint density at radius 1 is 0.621 bits per heavy atom. The van der Waals surface area contributed by atoms with Crippen molar-refractivity contribution in [3.8, 4) is 0 Å². The van der Waals surface area contributed by atoms with Crippen LogP contribution < -0.4 is 0 Å². The minimum absolute atomic E-state index is 0.0801. The second-order valence-electron chi connectivity index (χ2n) is 6.62. The van der Waals surface area contributed by atoms with Crippen LogP contribution in [0.15, 0.2) is 101 Å². The monoisotopic (exact) mass is 425 g/mol. The van der Waals surface area contributed by atoms with E-state index in [-0.39, 0.29) is 15.5 Å². The Morgan fingerprint density at radius 3 is 1.66 bits per heavy atom. The quantitative estimate of drug-likeness (QED) is 0.618. The van der Waals surface area contributed by atoms with Gasteiger partial charge in [-0.3, -0.25) is 0 Å². The Hall–Kier alpha value is -2.90. The van der Waals surface area contributed by atoms with Gasteiger partial charge < -0.3 is 0 Å². The Labute approximate surface area is 171 Å². The maximum atomic E-state index is 13.6. The molecule has 148 valence electrons. The first-order valence-corrected chi connectivity index (χ1v) is 12.0. The first-order chi connectivity index (χ1) is 13.9. The first-order valence-electron chi connectivity index (χ1n) is 9.11. The van der Waals surface area contributed by atoms with E-state index in [0.717, 1.165) is 12.0 Å². The topological polar surface area (TPSA) is 71.5 Å². The maximum Gasteiger partial charge on any atom is 0.277 e. The minimum Gasteiger partial charge on any atom is -0.200 e. The molecule has 0 spiro atoms. The Kier molecular flexibility index (Phi) is 5.02. The van der Waals surface area contributed by atoms with Crippen LogP contribution in [0.3, 0.4) is 0 Å².